The maximum Gasteiger partial charge on any atom is 0.245 e. The Morgan fingerprint density at radius 2 is 1.82 bits per heavy atom. The van der Waals surface area contributed by atoms with E-state index in [1.54, 1.807) is 4.90 Å². The van der Waals surface area contributed by atoms with E-state index in [0.29, 0.717) is 18.1 Å². The Kier molecular flexibility index (Phi) is 9.57. The van der Waals surface area contributed by atoms with Crippen molar-refractivity contribution in [2.24, 2.45) is 11.3 Å². The lowest BCUT2D eigenvalue weighted by atomic mass is 9.84. The molecule has 7 heteroatoms. The van der Waals surface area contributed by atoms with Crippen LogP contribution in [-0.4, -0.2) is 60.3 Å². The van der Waals surface area contributed by atoms with Crippen LogP contribution in [0, 0.1) is 25.2 Å². The number of aromatic nitrogens is 1. The number of rotatable bonds is 10. The van der Waals surface area contributed by atoms with Crippen LogP contribution in [-0.2, 0) is 9.59 Å². The van der Waals surface area contributed by atoms with Crippen LogP contribution in [0.3, 0.4) is 0 Å². The normalized spacial score (nSPS) is 12.9. The van der Waals surface area contributed by atoms with Gasteiger partial charge in [0, 0.05) is 17.8 Å². The average Bonchev–Trinajstić information content (AvgIpc) is 2.81. The summed E-state index contributed by atoms with van der Waals surface area (Å²) in [4.78, 5) is 34.6. The van der Waals surface area contributed by atoms with Gasteiger partial charge in [0.05, 0.1) is 12.2 Å². The van der Waals surface area contributed by atoms with Gasteiger partial charge in [-0.1, -0.05) is 27.7 Å². The molecule has 1 unspecified atom stereocenters. The molecular weight excluding hydrogens is 372 g/mol. The molecule has 6 nitrogen and oxygen atoms in total. The van der Waals surface area contributed by atoms with Crippen LogP contribution in [0.5, 0.6) is 0 Å². The third-order valence-electron chi connectivity index (χ3n) is 4.48. The highest BCUT2D eigenvalue weighted by Crippen LogP contribution is 2.26. The molecule has 0 spiro atoms. The van der Waals surface area contributed by atoms with Gasteiger partial charge in [0.25, 0.3) is 0 Å². The Morgan fingerprint density at radius 3 is 2.32 bits per heavy atom. The minimum atomic E-state index is -0.185. The Bertz CT molecular complexity index is 630. The van der Waals surface area contributed by atoms with Crippen molar-refractivity contribution in [2.75, 3.05) is 39.0 Å². The minimum Gasteiger partial charge on any atom is -0.333 e. The van der Waals surface area contributed by atoms with Crippen molar-refractivity contribution >= 4 is 28.3 Å². The number of nitrogens with one attached hydrogen (secondary N) is 1. The number of nitrogens with zero attached hydrogens (tertiary/aromatic N) is 3. The summed E-state index contributed by atoms with van der Waals surface area (Å²) in [6.07, 6.45) is 2.30. The molecule has 28 heavy (non-hydrogen) atoms. The molecule has 0 aliphatic carbocycles. The van der Waals surface area contributed by atoms with Gasteiger partial charge in [0.2, 0.25) is 11.8 Å². The molecular formula is C21H38N4O2S. The van der Waals surface area contributed by atoms with Gasteiger partial charge >= 0.3 is 0 Å². The molecule has 0 aliphatic rings. The lowest BCUT2D eigenvalue weighted by Gasteiger charge is -2.27. The van der Waals surface area contributed by atoms with E-state index in [-0.39, 0.29) is 29.7 Å². The van der Waals surface area contributed by atoms with Gasteiger partial charge in [-0.3, -0.25) is 9.59 Å². The van der Waals surface area contributed by atoms with Crippen molar-refractivity contribution < 1.29 is 9.59 Å². The number of carbonyl (C=O) groups excluding carboxylic acids is 2. The highest BCUT2D eigenvalue weighted by Gasteiger charge is 2.23. The van der Waals surface area contributed by atoms with Crippen LogP contribution in [0.15, 0.2) is 0 Å². The molecule has 0 saturated heterocycles. The van der Waals surface area contributed by atoms with Gasteiger partial charge in [0.15, 0.2) is 5.13 Å². The summed E-state index contributed by atoms with van der Waals surface area (Å²) in [5, 5.41) is 3.44. The zero-order valence-corrected chi connectivity index (χ0v) is 19.7. The largest absolute Gasteiger partial charge is 0.333 e. The van der Waals surface area contributed by atoms with Crippen molar-refractivity contribution in [1.29, 1.82) is 0 Å². The maximum atomic E-state index is 12.9. The summed E-state index contributed by atoms with van der Waals surface area (Å²) >= 11 is 1.46. The van der Waals surface area contributed by atoms with Crippen molar-refractivity contribution in [3.8, 4) is 0 Å². The van der Waals surface area contributed by atoms with Gasteiger partial charge < -0.3 is 15.1 Å². The summed E-state index contributed by atoms with van der Waals surface area (Å²) in [5.74, 6) is 0.156. The number of anilines is 1. The zero-order chi connectivity index (χ0) is 21.5. The molecule has 1 N–H and O–H groups in total. The van der Waals surface area contributed by atoms with Gasteiger partial charge in [0.1, 0.15) is 0 Å². The van der Waals surface area contributed by atoms with Gasteiger partial charge in [-0.25, -0.2) is 4.98 Å². The number of thiazole rings is 1. The summed E-state index contributed by atoms with van der Waals surface area (Å²) < 4.78 is 0. The molecule has 1 atom stereocenters. The second-order valence-corrected chi connectivity index (χ2v) is 10.5. The third-order valence-corrected chi connectivity index (χ3v) is 5.47. The zero-order valence-electron chi connectivity index (χ0n) is 18.9. The predicted molar refractivity (Wildman–Crippen MR) is 118 cm³/mol. The number of amides is 2. The van der Waals surface area contributed by atoms with Gasteiger partial charge in [-0.05, 0) is 58.7 Å². The second kappa shape index (κ2) is 10.9. The first-order valence-electron chi connectivity index (χ1n) is 10.0. The van der Waals surface area contributed by atoms with E-state index in [9.17, 15) is 9.59 Å². The SMILES string of the molecule is Cc1nc(NC(=O)CN(CCCN(C)C)C(=O)CC(C)CC(C)(C)C)sc1C. The Balaban J connectivity index is 2.71. The van der Waals surface area contributed by atoms with Crippen molar-refractivity contribution in [1.82, 2.24) is 14.8 Å². The quantitative estimate of drug-likeness (QED) is 0.634. The molecule has 2 amide bonds. The van der Waals surface area contributed by atoms with E-state index < -0.39 is 0 Å². The van der Waals surface area contributed by atoms with E-state index in [4.69, 9.17) is 0 Å². The molecule has 0 saturated carbocycles. The number of hydrogen-bond acceptors (Lipinski definition) is 5. The van der Waals surface area contributed by atoms with E-state index in [0.717, 1.165) is 30.0 Å². The van der Waals surface area contributed by atoms with Crippen LogP contribution >= 0.6 is 11.3 Å². The predicted octanol–water partition coefficient (Wildman–Crippen LogP) is 3.94. The van der Waals surface area contributed by atoms with E-state index in [1.165, 1.54) is 11.3 Å². The highest BCUT2D eigenvalue weighted by atomic mass is 32.1. The van der Waals surface area contributed by atoms with Crippen LogP contribution in [0.1, 0.15) is 57.5 Å². The summed E-state index contributed by atoms with van der Waals surface area (Å²) in [6, 6.07) is 0. The Morgan fingerprint density at radius 1 is 1.18 bits per heavy atom. The molecule has 0 aliphatic heterocycles. The fourth-order valence-electron chi connectivity index (χ4n) is 3.27. The van der Waals surface area contributed by atoms with E-state index in [2.05, 4.69) is 42.9 Å². The first-order chi connectivity index (χ1) is 12.9. The number of aryl methyl sites for hydroxylation is 2. The first kappa shape index (κ1) is 24.6. The third kappa shape index (κ3) is 9.64. The molecule has 1 rings (SSSR count). The van der Waals surface area contributed by atoms with Crippen molar-refractivity contribution in [3.05, 3.63) is 10.6 Å². The standard InChI is InChI=1S/C21H38N4O2S/c1-15(13-21(4,5)6)12-19(27)25(11-9-10-24(7)8)14-18(26)23-20-22-16(2)17(3)28-20/h15H,9-14H2,1-8H3,(H,22,23,26). The number of carbonyl (C=O) groups is 2. The van der Waals surface area contributed by atoms with Crippen molar-refractivity contribution in [2.45, 2.75) is 60.8 Å². The summed E-state index contributed by atoms with van der Waals surface area (Å²) in [7, 11) is 4.02. The second-order valence-electron chi connectivity index (χ2n) is 9.25. The average molecular weight is 411 g/mol. The van der Waals surface area contributed by atoms with E-state index in [1.807, 2.05) is 27.9 Å². The lowest BCUT2D eigenvalue weighted by molar-refractivity contribution is -0.135. The summed E-state index contributed by atoms with van der Waals surface area (Å²) in [5.41, 5.74) is 1.11. The van der Waals surface area contributed by atoms with Crippen LogP contribution in [0.2, 0.25) is 0 Å². The van der Waals surface area contributed by atoms with Crippen molar-refractivity contribution in [3.63, 3.8) is 0 Å². The molecule has 0 bridgehead atoms. The molecule has 0 fully saturated rings. The fraction of sp³-hybridized carbons (Fsp3) is 0.762. The number of hydrogen-bond donors (Lipinski definition) is 1. The Hall–Kier alpha value is -1.47. The minimum absolute atomic E-state index is 0.0529. The van der Waals surface area contributed by atoms with Gasteiger partial charge in [-0.2, -0.15) is 0 Å². The first-order valence-corrected chi connectivity index (χ1v) is 10.9. The van der Waals surface area contributed by atoms with Gasteiger partial charge in [-0.15, -0.1) is 11.3 Å². The van der Waals surface area contributed by atoms with E-state index >= 15 is 0 Å². The maximum absolute atomic E-state index is 12.9. The molecule has 160 valence electrons. The molecule has 1 aromatic heterocycles. The molecule has 0 aromatic carbocycles. The topological polar surface area (TPSA) is 65.5 Å². The summed E-state index contributed by atoms with van der Waals surface area (Å²) in [6.45, 7) is 14.1. The molecule has 1 aromatic rings. The molecule has 1 heterocycles. The van der Waals surface area contributed by atoms with Crippen LogP contribution in [0.25, 0.3) is 0 Å². The van der Waals surface area contributed by atoms with Crippen LogP contribution in [0.4, 0.5) is 5.13 Å². The lowest BCUT2D eigenvalue weighted by Crippen LogP contribution is -2.40. The molecule has 0 radical (unpaired) electrons. The van der Waals surface area contributed by atoms with Crippen LogP contribution < -0.4 is 5.32 Å². The fourth-order valence-corrected chi connectivity index (χ4v) is 4.10. The Labute approximate surface area is 174 Å². The monoisotopic (exact) mass is 410 g/mol. The highest BCUT2D eigenvalue weighted by molar-refractivity contribution is 7.15. The smallest absolute Gasteiger partial charge is 0.245 e.